The number of fused-ring (bicyclic) bond motifs is 2. The number of para-hydroxylation sites is 1. The molecule has 2 aromatic heterocycles. The van der Waals surface area contributed by atoms with E-state index in [4.69, 9.17) is 0 Å². The second-order valence-corrected chi connectivity index (χ2v) is 9.74. The van der Waals surface area contributed by atoms with E-state index in [1.54, 1.807) is 0 Å². The SMILES string of the molecule is O=CCCCCCC(CNC(=O)Cn1c(=O)ncc2ccccc21)c1ncc(-c2ccc3ccccc3c2)[nH]1. The summed E-state index contributed by atoms with van der Waals surface area (Å²) in [7, 11) is 0. The van der Waals surface area contributed by atoms with Gasteiger partial charge in [0.05, 0.1) is 17.4 Å². The van der Waals surface area contributed by atoms with Crippen molar-refractivity contribution in [2.45, 2.75) is 44.6 Å². The molecule has 0 aliphatic rings. The summed E-state index contributed by atoms with van der Waals surface area (Å²) in [5, 5.41) is 6.14. The molecule has 2 N–H and O–H groups in total. The quantitative estimate of drug-likeness (QED) is 0.178. The number of amides is 1. The van der Waals surface area contributed by atoms with E-state index in [1.165, 1.54) is 16.2 Å². The van der Waals surface area contributed by atoms with Crippen molar-refractivity contribution in [3.8, 4) is 11.3 Å². The molecule has 5 rings (SSSR count). The second-order valence-electron chi connectivity index (χ2n) is 9.74. The highest BCUT2D eigenvalue weighted by molar-refractivity contribution is 5.86. The highest BCUT2D eigenvalue weighted by Gasteiger charge is 2.18. The number of rotatable bonds is 12. The van der Waals surface area contributed by atoms with Crippen molar-refractivity contribution in [3.05, 3.63) is 95.4 Å². The summed E-state index contributed by atoms with van der Waals surface area (Å²) in [5.41, 5.74) is 2.18. The molecular weight excluding hydrogens is 490 g/mol. The third kappa shape index (κ3) is 6.29. The minimum atomic E-state index is -0.457. The Bertz CT molecular complexity index is 1660. The lowest BCUT2D eigenvalue weighted by Gasteiger charge is -2.16. The molecule has 0 fully saturated rings. The average Bonchev–Trinajstić information content (AvgIpc) is 3.46. The number of unbranched alkanes of at least 4 members (excludes halogenated alkanes) is 3. The van der Waals surface area contributed by atoms with Crippen LogP contribution in [0.15, 0.2) is 83.9 Å². The van der Waals surface area contributed by atoms with Crippen LogP contribution in [0.25, 0.3) is 32.9 Å². The van der Waals surface area contributed by atoms with E-state index in [9.17, 15) is 14.4 Å². The third-order valence-corrected chi connectivity index (χ3v) is 7.04. The van der Waals surface area contributed by atoms with Crippen LogP contribution in [-0.2, 0) is 16.1 Å². The number of hydrogen-bond donors (Lipinski definition) is 2. The number of nitrogens with one attached hydrogen (secondary N) is 2. The maximum absolute atomic E-state index is 12.9. The monoisotopic (exact) mass is 521 g/mol. The van der Waals surface area contributed by atoms with Gasteiger partial charge in [-0.2, -0.15) is 0 Å². The van der Waals surface area contributed by atoms with E-state index in [1.807, 2.05) is 42.6 Å². The van der Waals surface area contributed by atoms with Gasteiger partial charge in [-0.25, -0.2) is 14.8 Å². The summed E-state index contributed by atoms with van der Waals surface area (Å²) < 4.78 is 1.39. The highest BCUT2D eigenvalue weighted by Crippen LogP contribution is 2.26. The van der Waals surface area contributed by atoms with Crippen molar-refractivity contribution < 1.29 is 9.59 Å². The van der Waals surface area contributed by atoms with Crippen molar-refractivity contribution in [1.82, 2.24) is 24.8 Å². The van der Waals surface area contributed by atoms with Crippen molar-refractivity contribution in [1.29, 1.82) is 0 Å². The molecule has 8 heteroatoms. The topological polar surface area (TPSA) is 110 Å². The molecule has 2 heterocycles. The predicted octanol–water partition coefficient (Wildman–Crippen LogP) is 4.99. The Labute approximate surface area is 226 Å². The van der Waals surface area contributed by atoms with E-state index < -0.39 is 5.69 Å². The minimum Gasteiger partial charge on any atom is -0.354 e. The summed E-state index contributed by atoms with van der Waals surface area (Å²) in [4.78, 5) is 48.1. The zero-order valence-corrected chi connectivity index (χ0v) is 21.7. The van der Waals surface area contributed by atoms with Gasteiger partial charge in [0.15, 0.2) is 0 Å². The Morgan fingerprint density at radius 3 is 2.56 bits per heavy atom. The van der Waals surface area contributed by atoms with Gasteiger partial charge in [0, 0.05) is 36.0 Å². The number of nitrogens with zero attached hydrogens (tertiary/aromatic N) is 3. The standard InChI is InChI=1S/C31H31N5O3/c37-16-8-2-1-3-12-26(19-32-29(38)21-36-28-13-7-6-11-25(28)18-34-31(36)39)30-33-20-27(35-30)24-15-14-22-9-4-5-10-23(22)17-24/h4-7,9-11,13-18,20,26H,1-3,8,12,19,21H2,(H,32,38)(H,33,35). The van der Waals surface area contributed by atoms with Gasteiger partial charge in [0.25, 0.3) is 0 Å². The number of aromatic nitrogens is 4. The number of imidazole rings is 1. The average molecular weight is 522 g/mol. The molecule has 8 nitrogen and oxygen atoms in total. The van der Waals surface area contributed by atoms with Gasteiger partial charge < -0.3 is 15.1 Å². The maximum Gasteiger partial charge on any atom is 0.348 e. The number of aldehydes is 1. The molecule has 1 atom stereocenters. The molecular formula is C31H31N5O3. The number of carbonyl (C=O) groups is 2. The van der Waals surface area contributed by atoms with Crippen LogP contribution in [0.4, 0.5) is 0 Å². The van der Waals surface area contributed by atoms with Crippen LogP contribution < -0.4 is 11.0 Å². The lowest BCUT2D eigenvalue weighted by atomic mass is 9.99. The number of H-pyrrole nitrogens is 1. The number of benzene rings is 3. The van der Waals surface area contributed by atoms with E-state index in [-0.39, 0.29) is 18.4 Å². The van der Waals surface area contributed by atoms with Gasteiger partial charge in [0.1, 0.15) is 18.7 Å². The molecule has 0 saturated carbocycles. The Morgan fingerprint density at radius 1 is 0.923 bits per heavy atom. The van der Waals surface area contributed by atoms with Crippen LogP contribution in [0.2, 0.25) is 0 Å². The van der Waals surface area contributed by atoms with E-state index in [2.05, 4.69) is 50.6 Å². The van der Waals surface area contributed by atoms with Crippen molar-refractivity contribution in [2.24, 2.45) is 0 Å². The van der Waals surface area contributed by atoms with Crippen LogP contribution in [-0.4, -0.2) is 38.3 Å². The zero-order chi connectivity index (χ0) is 27.0. The van der Waals surface area contributed by atoms with Crippen LogP contribution in [0.1, 0.15) is 43.8 Å². The summed E-state index contributed by atoms with van der Waals surface area (Å²) in [6.07, 6.45) is 8.36. The summed E-state index contributed by atoms with van der Waals surface area (Å²) >= 11 is 0. The molecule has 0 spiro atoms. The van der Waals surface area contributed by atoms with Gasteiger partial charge in [-0.05, 0) is 35.7 Å². The van der Waals surface area contributed by atoms with E-state index in [0.717, 1.165) is 59.8 Å². The van der Waals surface area contributed by atoms with Crippen molar-refractivity contribution in [2.75, 3.05) is 6.54 Å². The predicted molar refractivity (Wildman–Crippen MR) is 152 cm³/mol. The molecule has 0 radical (unpaired) electrons. The Kier molecular flexibility index (Phi) is 8.21. The van der Waals surface area contributed by atoms with Gasteiger partial charge >= 0.3 is 5.69 Å². The molecule has 3 aromatic carbocycles. The lowest BCUT2D eigenvalue weighted by molar-refractivity contribution is -0.121. The fourth-order valence-corrected chi connectivity index (χ4v) is 4.91. The third-order valence-electron chi connectivity index (χ3n) is 7.04. The molecule has 1 amide bonds. The summed E-state index contributed by atoms with van der Waals surface area (Å²) in [6.45, 7) is 0.268. The highest BCUT2D eigenvalue weighted by atomic mass is 16.2. The van der Waals surface area contributed by atoms with Crippen LogP contribution >= 0.6 is 0 Å². The lowest BCUT2D eigenvalue weighted by Crippen LogP contribution is -2.35. The van der Waals surface area contributed by atoms with Gasteiger partial charge in [-0.1, -0.05) is 67.4 Å². The first-order chi connectivity index (χ1) is 19.1. The normalized spacial score (nSPS) is 12.0. The van der Waals surface area contributed by atoms with Crippen LogP contribution in [0.5, 0.6) is 0 Å². The Balaban J connectivity index is 1.30. The molecule has 39 heavy (non-hydrogen) atoms. The molecule has 5 aromatic rings. The molecule has 0 bridgehead atoms. The Hall–Kier alpha value is -4.59. The summed E-state index contributed by atoms with van der Waals surface area (Å²) in [5.74, 6) is 0.502. The number of carbonyl (C=O) groups excluding carboxylic acids is 2. The van der Waals surface area contributed by atoms with Gasteiger partial charge in [-0.15, -0.1) is 0 Å². The molecule has 1 unspecified atom stereocenters. The second kappa shape index (κ2) is 12.3. The van der Waals surface area contributed by atoms with Gasteiger partial charge in [0.2, 0.25) is 5.91 Å². The summed E-state index contributed by atoms with van der Waals surface area (Å²) in [6, 6.07) is 21.9. The molecule has 0 saturated heterocycles. The van der Waals surface area contributed by atoms with Gasteiger partial charge in [-0.3, -0.25) is 9.36 Å². The molecule has 0 aliphatic carbocycles. The first kappa shape index (κ1) is 26.0. The fraction of sp³-hybridized carbons (Fsp3) is 0.258. The van der Waals surface area contributed by atoms with E-state index in [0.29, 0.717) is 18.5 Å². The largest absolute Gasteiger partial charge is 0.354 e. The minimum absolute atomic E-state index is 0.0400. The fourth-order valence-electron chi connectivity index (χ4n) is 4.91. The smallest absolute Gasteiger partial charge is 0.348 e. The first-order valence-corrected chi connectivity index (χ1v) is 13.3. The number of hydrogen-bond acceptors (Lipinski definition) is 5. The molecule has 198 valence electrons. The first-order valence-electron chi connectivity index (χ1n) is 13.3. The molecule has 0 aliphatic heterocycles. The van der Waals surface area contributed by atoms with E-state index >= 15 is 0 Å². The van der Waals surface area contributed by atoms with Crippen LogP contribution in [0.3, 0.4) is 0 Å². The van der Waals surface area contributed by atoms with Crippen LogP contribution in [0, 0.1) is 0 Å². The number of aromatic amines is 1. The Morgan fingerprint density at radius 2 is 1.72 bits per heavy atom. The van der Waals surface area contributed by atoms with Crippen molar-refractivity contribution >= 4 is 33.9 Å². The zero-order valence-electron chi connectivity index (χ0n) is 21.7. The van der Waals surface area contributed by atoms with Crippen molar-refractivity contribution in [3.63, 3.8) is 0 Å². The maximum atomic E-state index is 12.9.